The van der Waals surface area contributed by atoms with Gasteiger partial charge in [-0.15, -0.1) is 0 Å². The van der Waals surface area contributed by atoms with Crippen molar-refractivity contribution in [3.63, 3.8) is 0 Å². The highest BCUT2D eigenvalue weighted by molar-refractivity contribution is 4.84. The van der Waals surface area contributed by atoms with Crippen molar-refractivity contribution in [1.82, 2.24) is 15.1 Å². The average Bonchev–Trinajstić information content (AvgIpc) is 2.30. The van der Waals surface area contributed by atoms with E-state index in [2.05, 4.69) is 50.1 Å². The molecule has 0 aromatic rings. The normalized spacial score (nSPS) is 27.0. The number of piperazine rings is 1. The van der Waals surface area contributed by atoms with Gasteiger partial charge in [-0.2, -0.15) is 0 Å². The van der Waals surface area contributed by atoms with Crippen LogP contribution in [0, 0.1) is 5.92 Å². The van der Waals surface area contributed by atoms with Crippen LogP contribution < -0.4 is 5.32 Å². The third-order valence-corrected chi connectivity index (χ3v) is 4.31. The summed E-state index contributed by atoms with van der Waals surface area (Å²) in [6.07, 6.45) is 3.90. The Kier molecular flexibility index (Phi) is 6.45. The lowest BCUT2D eigenvalue weighted by Crippen LogP contribution is -2.52. The Morgan fingerprint density at radius 3 is 2.59 bits per heavy atom. The molecule has 1 aliphatic rings. The highest BCUT2D eigenvalue weighted by atomic mass is 15.3. The number of likely N-dealkylation sites (N-methyl/N-ethyl adjacent to an activating group) is 2. The van der Waals surface area contributed by atoms with Crippen LogP contribution in [0.15, 0.2) is 0 Å². The smallest absolute Gasteiger partial charge is 0.0235 e. The largest absolute Gasteiger partial charge is 0.317 e. The van der Waals surface area contributed by atoms with E-state index in [1.807, 2.05) is 0 Å². The highest BCUT2D eigenvalue weighted by Gasteiger charge is 2.26. The Hall–Kier alpha value is -0.120. The van der Waals surface area contributed by atoms with Gasteiger partial charge in [-0.25, -0.2) is 0 Å². The van der Waals surface area contributed by atoms with Crippen molar-refractivity contribution in [2.24, 2.45) is 5.92 Å². The number of nitrogens with zero attached hydrogens (tertiary/aromatic N) is 2. The lowest BCUT2D eigenvalue weighted by atomic mass is 9.90. The lowest BCUT2D eigenvalue weighted by Gasteiger charge is -2.40. The fourth-order valence-corrected chi connectivity index (χ4v) is 2.94. The summed E-state index contributed by atoms with van der Waals surface area (Å²) >= 11 is 0. The van der Waals surface area contributed by atoms with Gasteiger partial charge >= 0.3 is 0 Å². The quantitative estimate of drug-likeness (QED) is 0.763. The molecule has 1 fully saturated rings. The summed E-state index contributed by atoms with van der Waals surface area (Å²) in [5.74, 6) is 0.783. The van der Waals surface area contributed by atoms with Crippen LogP contribution in [0.25, 0.3) is 0 Å². The zero-order valence-electron chi connectivity index (χ0n) is 12.4. The van der Waals surface area contributed by atoms with E-state index in [0.717, 1.165) is 5.92 Å². The Morgan fingerprint density at radius 1 is 1.29 bits per heavy atom. The molecule has 3 heteroatoms. The van der Waals surface area contributed by atoms with Crippen LogP contribution in [0.1, 0.15) is 33.1 Å². The summed E-state index contributed by atoms with van der Waals surface area (Å²) < 4.78 is 0. The molecule has 1 saturated heterocycles. The van der Waals surface area contributed by atoms with Crippen molar-refractivity contribution >= 4 is 0 Å². The fourth-order valence-electron chi connectivity index (χ4n) is 2.94. The van der Waals surface area contributed by atoms with Gasteiger partial charge in [-0.1, -0.05) is 20.3 Å². The summed E-state index contributed by atoms with van der Waals surface area (Å²) in [4.78, 5) is 4.99. The van der Waals surface area contributed by atoms with Crippen LogP contribution in [0.5, 0.6) is 0 Å². The summed E-state index contributed by atoms with van der Waals surface area (Å²) in [5.41, 5.74) is 0. The molecule has 3 unspecified atom stereocenters. The Balaban J connectivity index is 2.48. The summed E-state index contributed by atoms with van der Waals surface area (Å²) in [7, 11) is 6.63. The number of nitrogens with one attached hydrogen (secondary N) is 1. The topological polar surface area (TPSA) is 18.5 Å². The van der Waals surface area contributed by atoms with E-state index in [9.17, 15) is 0 Å². The highest BCUT2D eigenvalue weighted by Crippen LogP contribution is 2.19. The first-order valence-corrected chi connectivity index (χ1v) is 7.14. The number of hydrogen-bond acceptors (Lipinski definition) is 3. The molecule has 0 aromatic carbocycles. The van der Waals surface area contributed by atoms with Gasteiger partial charge in [-0.3, -0.25) is 0 Å². The van der Waals surface area contributed by atoms with Crippen LogP contribution in [0.2, 0.25) is 0 Å². The van der Waals surface area contributed by atoms with E-state index in [4.69, 9.17) is 0 Å². The SMILES string of the molecule is CCCC(C)C(CC1CN(C)CCN1C)NC. The summed E-state index contributed by atoms with van der Waals surface area (Å²) in [5, 5.41) is 3.52. The van der Waals surface area contributed by atoms with Gasteiger partial charge < -0.3 is 15.1 Å². The van der Waals surface area contributed by atoms with Gasteiger partial charge in [0.15, 0.2) is 0 Å². The first-order valence-electron chi connectivity index (χ1n) is 7.14. The molecule has 0 radical (unpaired) electrons. The average molecular weight is 241 g/mol. The molecular formula is C14H31N3. The van der Waals surface area contributed by atoms with Crippen molar-refractivity contribution in [3.8, 4) is 0 Å². The molecule has 0 amide bonds. The van der Waals surface area contributed by atoms with Crippen molar-refractivity contribution in [2.45, 2.75) is 45.2 Å². The summed E-state index contributed by atoms with van der Waals surface area (Å²) in [6.45, 7) is 8.30. The third-order valence-electron chi connectivity index (χ3n) is 4.31. The monoisotopic (exact) mass is 241 g/mol. The van der Waals surface area contributed by atoms with Gasteiger partial charge in [-0.05, 0) is 39.9 Å². The zero-order valence-corrected chi connectivity index (χ0v) is 12.4. The van der Waals surface area contributed by atoms with Crippen LogP contribution >= 0.6 is 0 Å². The molecule has 3 atom stereocenters. The van der Waals surface area contributed by atoms with E-state index >= 15 is 0 Å². The van der Waals surface area contributed by atoms with Gasteiger partial charge in [0, 0.05) is 31.7 Å². The molecule has 0 bridgehead atoms. The Labute approximate surface area is 108 Å². The molecule has 0 spiro atoms. The molecule has 1 aliphatic heterocycles. The first-order chi connectivity index (χ1) is 8.08. The minimum Gasteiger partial charge on any atom is -0.317 e. The minimum atomic E-state index is 0.661. The van der Waals surface area contributed by atoms with Gasteiger partial charge in [0.1, 0.15) is 0 Å². The molecule has 102 valence electrons. The van der Waals surface area contributed by atoms with Gasteiger partial charge in [0.2, 0.25) is 0 Å². The first kappa shape index (κ1) is 14.9. The molecule has 17 heavy (non-hydrogen) atoms. The zero-order chi connectivity index (χ0) is 12.8. The Bertz CT molecular complexity index is 208. The molecule has 1 N–H and O–H groups in total. The van der Waals surface area contributed by atoms with E-state index in [-0.39, 0.29) is 0 Å². The number of hydrogen-bond donors (Lipinski definition) is 1. The second kappa shape index (κ2) is 7.34. The predicted octanol–water partition coefficient (Wildman–Crippen LogP) is 1.65. The van der Waals surface area contributed by atoms with Crippen LogP contribution in [-0.4, -0.2) is 62.7 Å². The maximum atomic E-state index is 3.52. The summed E-state index contributed by atoms with van der Waals surface area (Å²) in [6, 6.07) is 1.37. The van der Waals surface area contributed by atoms with Crippen LogP contribution in [0.4, 0.5) is 0 Å². The molecular weight excluding hydrogens is 210 g/mol. The van der Waals surface area contributed by atoms with E-state index in [1.165, 1.54) is 38.9 Å². The maximum absolute atomic E-state index is 3.52. The van der Waals surface area contributed by atoms with E-state index in [1.54, 1.807) is 0 Å². The van der Waals surface area contributed by atoms with Crippen molar-refractivity contribution in [1.29, 1.82) is 0 Å². The Morgan fingerprint density at radius 2 is 2.00 bits per heavy atom. The second-order valence-electron chi connectivity index (χ2n) is 5.79. The van der Waals surface area contributed by atoms with Crippen LogP contribution in [-0.2, 0) is 0 Å². The molecule has 1 heterocycles. The molecule has 3 nitrogen and oxygen atoms in total. The van der Waals surface area contributed by atoms with Crippen LogP contribution in [0.3, 0.4) is 0 Å². The van der Waals surface area contributed by atoms with Crippen molar-refractivity contribution < 1.29 is 0 Å². The second-order valence-corrected chi connectivity index (χ2v) is 5.79. The molecule has 0 aromatic heterocycles. The van der Waals surface area contributed by atoms with E-state index in [0.29, 0.717) is 12.1 Å². The predicted molar refractivity (Wildman–Crippen MR) is 75.5 cm³/mol. The lowest BCUT2D eigenvalue weighted by molar-refractivity contribution is 0.0956. The molecule has 0 aliphatic carbocycles. The third kappa shape index (κ3) is 4.57. The maximum Gasteiger partial charge on any atom is 0.0235 e. The standard InChI is InChI=1S/C14H31N3/c1-6-7-12(2)14(15-3)10-13-11-16(4)8-9-17(13)5/h12-15H,6-11H2,1-5H3. The van der Waals surface area contributed by atoms with Gasteiger partial charge in [0.05, 0.1) is 0 Å². The van der Waals surface area contributed by atoms with Crippen molar-refractivity contribution in [3.05, 3.63) is 0 Å². The van der Waals surface area contributed by atoms with Crippen molar-refractivity contribution in [2.75, 3.05) is 40.8 Å². The van der Waals surface area contributed by atoms with E-state index < -0.39 is 0 Å². The molecule has 0 saturated carbocycles. The van der Waals surface area contributed by atoms with Gasteiger partial charge in [0.25, 0.3) is 0 Å². The fraction of sp³-hybridized carbons (Fsp3) is 1.00. The minimum absolute atomic E-state index is 0.661. The number of rotatable bonds is 6. The molecule has 1 rings (SSSR count).